The van der Waals surface area contributed by atoms with Crippen molar-refractivity contribution in [2.75, 3.05) is 30.4 Å². The Balaban J connectivity index is 1.42. The van der Waals surface area contributed by atoms with Gasteiger partial charge in [0, 0.05) is 36.6 Å². The SMILES string of the molecule is COc1cccc(C(=O)Nc2ccc(N3CCCN(Cc4ccc(F)c(F)c4)C3=O)cc2)c1. The van der Waals surface area contributed by atoms with E-state index in [1.807, 2.05) is 0 Å². The van der Waals surface area contributed by atoms with Gasteiger partial charge in [0.05, 0.1) is 7.11 Å². The lowest BCUT2D eigenvalue weighted by Crippen LogP contribution is -2.49. The molecule has 6 nitrogen and oxygen atoms in total. The Morgan fingerprint density at radius 2 is 1.79 bits per heavy atom. The summed E-state index contributed by atoms with van der Waals surface area (Å²) in [6, 6.07) is 17.3. The van der Waals surface area contributed by atoms with Crippen LogP contribution in [0.15, 0.2) is 66.7 Å². The monoisotopic (exact) mass is 451 g/mol. The van der Waals surface area contributed by atoms with Crippen molar-refractivity contribution >= 4 is 23.3 Å². The third kappa shape index (κ3) is 5.11. The molecule has 170 valence electrons. The molecule has 3 aromatic carbocycles. The fraction of sp³-hybridized carbons (Fsp3) is 0.200. The van der Waals surface area contributed by atoms with Crippen molar-refractivity contribution in [2.24, 2.45) is 0 Å². The maximum atomic E-state index is 13.5. The molecule has 0 saturated carbocycles. The number of anilines is 2. The Morgan fingerprint density at radius 3 is 2.52 bits per heavy atom. The van der Waals surface area contributed by atoms with Crippen LogP contribution in [0.5, 0.6) is 5.75 Å². The van der Waals surface area contributed by atoms with Crippen molar-refractivity contribution in [3.63, 3.8) is 0 Å². The summed E-state index contributed by atoms with van der Waals surface area (Å²) in [5, 5.41) is 2.83. The van der Waals surface area contributed by atoms with Crippen LogP contribution in [0.1, 0.15) is 22.3 Å². The molecule has 0 atom stereocenters. The summed E-state index contributed by atoms with van der Waals surface area (Å²) < 4.78 is 31.9. The number of carbonyl (C=O) groups excluding carboxylic acids is 2. The molecule has 3 aromatic rings. The fourth-order valence-corrected chi connectivity index (χ4v) is 3.72. The Hall–Kier alpha value is -3.94. The lowest BCUT2D eigenvalue weighted by atomic mass is 10.1. The lowest BCUT2D eigenvalue weighted by Gasteiger charge is -2.35. The Labute approximate surface area is 190 Å². The highest BCUT2D eigenvalue weighted by Gasteiger charge is 2.27. The van der Waals surface area contributed by atoms with Gasteiger partial charge in [0.15, 0.2) is 11.6 Å². The molecular weight excluding hydrogens is 428 g/mol. The van der Waals surface area contributed by atoms with Crippen molar-refractivity contribution in [1.82, 2.24) is 4.90 Å². The number of rotatable bonds is 6. The molecule has 8 heteroatoms. The van der Waals surface area contributed by atoms with E-state index in [1.165, 1.54) is 13.2 Å². The van der Waals surface area contributed by atoms with Crippen molar-refractivity contribution in [3.05, 3.63) is 89.5 Å². The van der Waals surface area contributed by atoms with E-state index in [-0.39, 0.29) is 18.5 Å². The van der Waals surface area contributed by atoms with Crippen LogP contribution in [-0.4, -0.2) is 37.0 Å². The highest BCUT2D eigenvalue weighted by atomic mass is 19.2. The van der Waals surface area contributed by atoms with Gasteiger partial charge in [0.2, 0.25) is 0 Å². The molecule has 0 unspecified atom stereocenters. The maximum absolute atomic E-state index is 13.5. The number of hydrogen-bond acceptors (Lipinski definition) is 3. The van der Waals surface area contributed by atoms with Crippen LogP contribution in [0.4, 0.5) is 25.0 Å². The summed E-state index contributed by atoms with van der Waals surface area (Å²) in [6.07, 6.45) is 0.740. The molecule has 0 radical (unpaired) electrons. The number of amides is 3. The minimum atomic E-state index is -0.930. The molecule has 0 aliphatic carbocycles. The molecule has 3 amide bonds. The lowest BCUT2D eigenvalue weighted by molar-refractivity contribution is 0.102. The van der Waals surface area contributed by atoms with Crippen LogP contribution in [0.2, 0.25) is 0 Å². The summed E-state index contributed by atoms with van der Waals surface area (Å²) in [5.74, 6) is -1.52. The number of benzene rings is 3. The van der Waals surface area contributed by atoms with Crippen LogP contribution in [0.25, 0.3) is 0 Å². The third-order valence-electron chi connectivity index (χ3n) is 5.44. The number of methoxy groups -OCH3 is 1. The Kier molecular flexibility index (Phi) is 6.53. The van der Waals surface area contributed by atoms with Crippen LogP contribution in [0, 0.1) is 11.6 Å². The van der Waals surface area contributed by atoms with Gasteiger partial charge in [0.1, 0.15) is 5.75 Å². The molecular formula is C25H23F2N3O3. The largest absolute Gasteiger partial charge is 0.497 e. The van der Waals surface area contributed by atoms with E-state index in [2.05, 4.69) is 5.32 Å². The number of nitrogens with zero attached hydrogens (tertiary/aromatic N) is 2. The van der Waals surface area contributed by atoms with E-state index < -0.39 is 11.6 Å². The zero-order valence-corrected chi connectivity index (χ0v) is 18.1. The van der Waals surface area contributed by atoms with Crippen LogP contribution in [0.3, 0.4) is 0 Å². The molecule has 1 aliphatic heterocycles. The maximum Gasteiger partial charge on any atom is 0.324 e. The first-order valence-corrected chi connectivity index (χ1v) is 10.5. The van der Waals surface area contributed by atoms with Gasteiger partial charge in [-0.3, -0.25) is 9.69 Å². The van der Waals surface area contributed by atoms with Gasteiger partial charge in [-0.15, -0.1) is 0 Å². The average Bonchev–Trinajstić information content (AvgIpc) is 2.83. The summed E-state index contributed by atoms with van der Waals surface area (Å²) in [5.41, 5.74) is 2.28. The first kappa shape index (κ1) is 22.3. The van der Waals surface area contributed by atoms with Gasteiger partial charge in [-0.1, -0.05) is 12.1 Å². The minimum Gasteiger partial charge on any atom is -0.497 e. The van der Waals surface area contributed by atoms with Crippen LogP contribution in [-0.2, 0) is 6.54 Å². The standard InChI is InChI=1S/C25H23F2N3O3/c1-33-21-5-2-4-18(15-21)24(31)28-19-7-9-20(10-8-19)30-13-3-12-29(25(30)32)16-17-6-11-22(26)23(27)14-17/h2,4-11,14-15H,3,12-13,16H2,1H3,(H,28,31). The average molecular weight is 451 g/mol. The molecule has 4 rings (SSSR count). The first-order valence-electron chi connectivity index (χ1n) is 10.5. The summed E-state index contributed by atoms with van der Waals surface area (Å²) in [4.78, 5) is 28.7. The topological polar surface area (TPSA) is 61.9 Å². The molecule has 0 bridgehead atoms. The second kappa shape index (κ2) is 9.68. The molecule has 0 spiro atoms. The van der Waals surface area contributed by atoms with Gasteiger partial charge in [-0.05, 0) is 66.6 Å². The highest BCUT2D eigenvalue weighted by Crippen LogP contribution is 2.24. The second-order valence-corrected chi connectivity index (χ2v) is 7.69. The number of nitrogens with one attached hydrogen (secondary N) is 1. The van der Waals surface area contributed by atoms with Gasteiger partial charge in [-0.2, -0.15) is 0 Å². The van der Waals surface area contributed by atoms with Crippen molar-refractivity contribution < 1.29 is 23.1 Å². The molecule has 33 heavy (non-hydrogen) atoms. The van der Waals surface area contributed by atoms with Crippen LogP contribution < -0.4 is 15.0 Å². The quantitative estimate of drug-likeness (QED) is 0.570. The molecule has 1 N–H and O–H groups in total. The zero-order valence-electron chi connectivity index (χ0n) is 18.1. The number of carbonyl (C=O) groups is 2. The fourth-order valence-electron chi connectivity index (χ4n) is 3.72. The highest BCUT2D eigenvalue weighted by molar-refractivity contribution is 6.04. The number of urea groups is 1. The summed E-state index contributed by atoms with van der Waals surface area (Å²) in [7, 11) is 1.54. The molecule has 0 aromatic heterocycles. The predicted octanol–water partition coefficient (Wildman–Crippen LogP) is 5.06. The molecule has 1 fully saturated rings. The van der Waals surface area contributed by atoms with Crippen molar-refractivity contribution in [2.45, 2.75) is 13.0 Å². The van der Waals surface area contributed by atoms with E-state index in [4.69, 9.17) is 4.74 Å². The number of ether oxygens (including phenoxy) is 1. The van der Waals surface area contributed by atoms with E-state index in [0.717, 1.165) is 18.6 Å². The molecule has 1 aliphatic rings. The second-order valence-electron chi connectivity index (χ2n) is 7.69. The molecule has 1 saturated heterocycles. The van der Waals surface area contributed by atoms with Gasteiger partial charge in [-0.25, -0.2) is 13.6 Å². The molecule has 1 heterocycles. The van der Waals surface area contributed by atoms with Crippen molar-refractivity contribution in [1.29, 1.82) is 0 Å². The van der Waals surface area contributed by atoms with Gasteiger partial charge in [0.25, 0.3) is 5.91 Å². The predicted molar refractivity (Wildman–Crippen MR) is 122 cm³/mol. The van der Waals surface area contributed by atoms with Gasteiger partial charge >= 0.3 is 6.03 Å². The first-order chi connectivity index (χ1) is 15.9. The normalized spacial score (nSPS) is 13.7. The van der Waals surface area contributed by atoms with E-state index >= 15 is 0 Å². The Bertz CT molecular complexity index is 1170. The van der Waals surface area contributed by atoms with Gasteiger partial charge < -0.3 is 15.0 Å². The number of halogens is 2. The third-order valence-corrected chi connectivity index (χ3v) is 5.44. The van der Waals surface area contributed by atoms with E-state index in [0.29, 0.717) is 41.3 Å². The van der Waals surface area contributed by atoms with Crippen molar-refractivity contribution in [3.8, 4) is 5.75 Å². The minimum absolute atomic E-state index is 0.196. The smallest absolute Gasteiger partial charge is 0.324 e. The Morgan fingerprint density at radius 1 is 1.00 bits per heavy atom. The number of hydrogen-bond donors (Lipinski definition) is 1. The van der Waals surface area contributed by atoms with E-state index in [9.17, 15) is 18.4 Å². The summed E-state index contributed by atoms with van der Waals surface area (Å²) in [6.45, 7) is 1.27. The zero-order chi connectivity index (χ0) is 23.4. The summed E-state index contributed by atoms with van der Waals surface area (Å²) >= 11 is 0. The van der Waals surface area contributed by atoms with Crippen LogP contribution >= 0.6 is 0 Å². The van der Waals surface area contributed by atoms with E-state index in [1.54, 1.807) is 58.3 Å².